The molecule has 1 aromatic carbocycles. The topological polar surface area (TPSA) is 58.9 Å². The number of benzene rings is 1. The summed E-state index contributed by atoms with van der Waals surface area (Å²) in [5.41, 5.74) is 0.407. The number of rotatable bonds is 9. The summed E-state index contributed by atoms with van der Waals surface area (Å²) in [5.74, 6) is 2.14. The minimum Gasteiger partial charge on any atom is -0.489 e. The highest BCUT2D eigenvalue weighted by Gasteiger charge is 2.16. The van der Waals surface area contributed by atoms with Crippen molar-refractivity contribution in [2.24, 2.45) is 11.8 Å². The lowest BCUT2D eigenvalue weighted by atomic mass is 9.80. The van der Waals surface area contributed by atoms with Gasteiger partial charge in [-0.05, 0) is 29.4 Å². The van der Waals surface area contributed by atoms with Gasteiger partial charge in [0, 0.05) is 0 Å². The van der Waals surface area contributed by atoms with Crippen LogP contribution in [0.2, 0.25) is 0 Å². The smallest absolute Gasteiger partial charge is 0.488 e. The minimum absolute atomic E-state index is 0.407. The van der Waals surface area contributed by atoms with Gasteiger partial charge >= 0.3 is 7.12 Å². The van der Waals surface area contributed by atoms with Crippen molar-refractivity contribution < 1.29 is 19.5 Å². The first kappa shape index (κ1) is 17.9. The van der Waals surface area contributed by atoms with E-state index in [1.54, 1.807) is 18.2 Å². The number of ether oxygens (including phenoxy) is 2. The first-order valence-electron chi connectivity index (χ1n) is 7.73. The normalized spacial score (nSPS) is 13.6. The highest BCUT2D eigenvalue weighted by atomic mass is 16.5. The van der Waals surface area contributed by atoms with Gasteiger partial charge < -0.3 is 19.5 Å². The molecule has 0 aromatic heterocycles. The van der Waals surface area contributed by atoms with Crippen LogP contribution in [0.3, 0.4) is 0 Å². The van der Waals surface area contributed by atoms with E-state index in [2.05, 4.69) is 27.7 Å². The largest absolute Gasteiger partial charge is 0.489 e. The predicted octanol–water partition coefficient (Wildman–Crippen LogP) is 2.22. The molecule has 0 fully saturated rings. The SMILES string of the molecule is CC[C@H](C)COc1ccc(B(O)O)cc1OC[C@@H](C)CC. The molecule has 2 N–H and O–H groups in total. The number of hydrogen-bond acceptors (Lipinski definition) is 4. The highest BCUT2D eigenvalue weighted by Crippen LogP contribution is 2.27. The molecule has 1 aromatic rings. The zero-order chi connectivity index (χ0) is 15.8. The molecule has 5 heteroatoms. The summed E-state index contributed by atoms with van der Waals surface area (Å²) in [5, 5.41) is 18.6. The molecule has 4 nitrogen and oxygen atoms in total. The van der Waals surface area contributed by atoms with Gasteiger partial charge in [-0.25, -0.2) is 0 Å². The van der Waals surface area contributed by atoms with E-state index >= 15 is 0 Å². The minimum atomic E-state index is -1.50. The first-order valence-corrected chi connectivity index (χ1v) is 7.73. The van der Waals surface area contributed by atoms with E-state index in [0.717, 1.165) is 12.8 Å². The van der Waals surface area contributed by atoms with Crippen molar-refractivity contribution in [2.45, 2.75) is 40.5 Å². The van der Waals surface area contributed by atoms with Gasteiger partial charge in [0.2, 0.25) is 0 Å². The van der Waals surface area contributed by atoms with Crippen LogP contribution in [0.1, 0.15) is 40.5 Å². The van der Waals surface area contributed by atoms with Gasteiger partial charge in [-0.2, -0.15) is 0 Å². The molecular weight excluding hydrogens is 267 g/mol. The van der Waals surface area contributed by atoms with E-state index < -0.39 is 7.12 Å². The zero-order valence-corrected chi connectivity index (χ0v) is 13.5. The van der Waals surface area contributed by atoms with Crippen molar-refractivity contribution >= 4 is 12.6 Å². The van der Waals surface area contributed by atoms with Crippen LogP contribution in [0.5, 0.6) is 11.5 Å². The van der Waals surface area contributed by atoms with Gasteiger partial charge in [0.1, 0.15) is 0 Å². The molecule has 21 heavy (non-hydrogen) atoms. The third kappa shape index (κ3) is 5.98. The third-order valence-electron chi connectivity index (χ3n) is 3.71. The van der Waals surface area contributed by atoms with Crippen LogP contribution in [-0.2, 0) is 0 Å². The molecule has 0 heterocycles. The summed E-state index contributed by atoms with van der Waals surface area (Å²) < 4.78 is 11.6. The van der Waals surface area contributed by atoms with Crippen LogP contribution in [0.15, 0.2) is 18.2 Å². The van der Waals surface area contributed by atoms with Gasteiger partial charge in [0.05, 0.1) is 13.2 Å². The van der Waals surface area contributed by atoms with Gasteiger partial charge in [-0.3, -0.25) is 0 Å². The van der Waals surface area contributed by atoms with Gasteiger partial charge in [0.15, 0.2) is 11.5 Å². The van der Waals surface area contributed by atoms with Crippen molar-refractivity contribution in [1.82, 2.24) is 0 Å². The Hall–Kier alpha value is -1.20. The molecule has 2 atom stereocenters. The summed E-state index contributed by atoms with van der Waals surface area (Å²) in [6.07, 6.45) is 2.09. The molecule has 0 aliphatic heterocycles. The van der Waals surface area contributed by atoms with E-state index in [1.165, 1.54) is 0 Å². The molecule has 0 bridgehead atoms. The van der Waals surface area contributed by atoms with E-state index in [4.69, 9.17) is 9.47 Å². The van der Waals surface area contributed by atoms with E-state index in [9.17, 15) is 10.0 Å². The quantitative estimate of drug-likeness (QED) is 0.686. The van der Waals surface area contributed by atoms with Crippen molar-refractivity contribution in [3.8, 4) is 11.5 Å². The maximum absolute atomic E-state index is 9.28. The average Bonchev–Trinajstić information content (AvgIpc) is 2.50. The van der Waals surface area contributed by atoms with Crippen molar-refractivity contribution in [1.29, 1.82) is 0 Å². The lowest BCUT2D eigenvalue weighted by molar-refractivity contribution is 0.218. The van der Waals surface area contributed by atoms with E-state index in [0.29, 0.717) is 42.0 Å². The second kappa shape index (κ2) is 8.95. The maximum Gasteiger partial charge on any atom is 0.488 e. The molecule has 0 amide bonds. The maximum atomic E-state index is 9.28. The average molecular weight is 294 g/mol. The van der Waals surface area contributed by atoms with Gasteiger partial charge in [-0.1, -0.05) is 46.6 Å². The van der Waals surface area contributed by atoms with E-state index in [-0.39, 0.29) is 0 Å². The molecule has 0 spiro atoms. The zero-order valence-electron chi connectivity index (χ0n) is 13.5. The molecular formula is C16H27BO4. The van der Waals surface area contributed by atoms with Gasteiger partial charge in [0.25, 0.3) is 0 Å². The Kier molecular flexibility index (Phi) is 7.61. The fourth-order valence-corrected chi connectivity index (χ4v) is 1.62. The Morgan fingerprint density at radius 1 is 0.952 bits per heavy atom. The van der Waals surface area contributed by atoms with Crippen LogP contribution in [0, 0.1) is 11.8 Å². The van der Waals surface area contributed by atoms with Crippen LogP contribution >= 0.6 is 0 Å². The van der Waals surface area contributed by atoms with Crippen LogP contribution < -0.4 is 14.9 Å². The van der Waals surface area contributed by atoms with Crippen LogP contribution in [0.4, 0.5) is 0 Å². The molecule has 0 aliphatic carbocycles. The molecule has 0 unspecified atom stereocenters. The summed E-state index contributed by atoms with van der Waals surface area (Å²) in [4.78, 5) is 0. The third-order valence-corrected chi connectivity index (χ3v) is 3.71. The second-order valence-electron chi connectivity index (χ2n) is 5.73. The van der Waals surface area contributed by atoms with Crippen LogP contribution in [0.25, 0.3) is 0 Å². The lowest BCUT2D eigenvalue weighted by Gasteiger charge is -2.17. The van der Waals surface area contributed by atoms with Gasteiger partial charge in [-0.15, -0.1) is 0 Å². The monoisotopic (exact) mass is 294 g/mol. The van der Waals surface area contributed by atoms with E-state index in [1.807, 2.05) is 0 Å². The van der Waals surface area contributed by atoms with Crippen molar-refractivity contribution in [3.05, 3.63) is 18.2 Å². The lowest BCUT2D eigenvalue weighted by Crippen LogP contribution is -2.29. The fourth-order valence-electron chi connectivity index (χ4n) is 1.62. The standard InChI is InChI=1S/C16H27BO4/c1-5-12(3)10-20-15-8-7-14(17(18)19)9-16(15)21-11-13(4)6-2/h7-9,12-13,18-19H,5-6,10-11H2,1-4H3/t12-,13-/m0/s1. The summed E-state index contributed by atoms with van der Waals surface area (Å²) in [6, 6.07) is 5.02. The van der Waals surface area contributed by atoms with Crippen molar-refractivity contribution in [3.63, 3.8) is 0 Å². The highest BCUT2D eigenvalue weighted by molar-refractivity contribution is 6.58. The Morgan fingerprint density at radius 3 is 1.95 bits per heavy atom. The summed E-state index contributed by atoms with van der Waals surface area (Å²) >= 11 is 0. The molecule has 1 rings (SSSR count). The first-order chi connectivity index (χ1) is 9.97. The Bertz CT molecular complexity index is 423. The Balaban J connectivity index is 2.83. The Morgan fingerprint density at radius 2 is 1.48 bits per heavy atom. The van der Waals surface area contributed by atoms with Crippen molar-refractivity contribution in [2.75, 3.05) is 13.2 Å². The Labute approximate surface area is 128 Å². The molecule has 118 valence electrons. The second-order valence-corrected chi connectivity index (χ2v) is 5.73. The summed E-state index contributed by atoms with van der Waals surface area (Å²) in [7, 11) is -1.50. The fraction of sp³-hybridized carbons (Fsp3) is 0.625. The molecule has 0 saturated carbocycles. The molecule has 0 saturated heterocycles. The molecule has 0 radical (unpaired) electrons. The predicted molar refractivity (Wildman–Crippen MR) is 86.2 cm³/mol. The number of hydrogen-bond donors (Lipinski definition) is 2. The molecule has 0 aliphatic rings. The van der Waals surface area contributed by atoms with Crippen LogP contribution in [-0.4, -0.2) is 30.4 Å². The summed E-state index contributed by atoms with van der Waals surface area (Å²) in [6.45, 7) is 9.69.